The Morgan fingerprint density at radius 1 is 1.41 bits per heavy atom. The lowest BCUT2D eigenvalue weighted by Crippen LogP contribution is -2.03. The fourth-order valence-electron chi connectivity index (χ4n) is 1.47. The van der Waals surface area contributed by atoms with E-state index in [9.17, 15) is 9.18 Å². The third kappa shape index (κ3) is 3.00. The molecule has 0 saturated heterocycles. The second-order valence-corrected chi connectivity index (χ2v) is 3.70. The summed E-state index contributed by atoms with van der Waals surface area (Å²) >= 11 is 5.81. The lowest BCUT2D eigenvalue weighted by atomic mass is 10.1. The Morgan fingerprint density at radius 3 is 2.47 bits per heavy atom. The second kappa shape index (κ2) is 5.72. The Bertz CT molecular complexity index is 434. The zero-order valence-corrected chi connectivity index (χ0v) is 10.2. The molecule has 0 radical (unpaired) electrons. The van der Waals surface area contributed by atoms with Gasteiger partial charge in [-0.15, -0.1) is 0 Å². The number of carboxylic acid groups (broad SMARTS) is 1. The van der Waals surface area contributed by atoms with Gasteiger partial charge in [-0.3, -0.25) is 4.79 Å². The molecular formula is C11H12ClFO4. The topological polar surface area (TPSA) is 55.8 Å². The zero-order chi connectivity index (χ0) is 13.0. The summed E-state index contributed by atoms with van der Waals surface area (Å²) in [5.74, 6) is -1.84. The van der Waals surface area contributed by atoms with E-state index in [-0.39, 0.29) is 29.4 Å². The Balaban J connectivity index is 3.17. The van der Waals surface area contributed by atoms with Gasteiger partial charge in [0.15, 0.2) is 11.5 Å². The zero-order valence-electron chi connectivity index (χ0n) is 9.42. The summed E-state index contributed by atoms with van der Waals surface area (Å²) in [5, 5.41) is 8.67. The molecule has 1 N–H and O–H groups in total. The van der Waals surface area contributed by atoms with Crippen LogP contribution >= 0.6 is 11.6 Å². The van der Waals surface area contributed by atoms with E-state index >= 15 is 0 Å². The van der Waals surface area contributed by atoms with Crippen LogP contribution in [0.5, 0.6) is 11.5 Å². The molecule has 0 bridgehead atoms. The number of methoxy groups -OCH3 is 2. The van der Waals surface area contributed by atoms with Gasteiger partial charge >= 0.3 is 5.97 Å². The number of aliphatic carboxylic acids is 1. The van der Waals surface area contributed by atoms with Crippen LogP contribution in [0.2, 0.25) is 5.02 Å². The molecule has 94 valence electrons. The van der Waals surface area contributed by atoms with Crippen LogP contribution in [0, 0.1) is 5.82 Å². The maximum Gasteiger partial charge on any atom is 0.303 e. The molecule has 1 aromatic rings. The van der Waals surface area contributed by atoms with Crippen molar-refractivity contribution in [2.24, 2.45) is 0 Å². The van der Waals surface area contributed by atoms with Crippen molar-refractivity contribution >= 4 is 17.6 Å². The lowest BCUT2D eigenvalue weighted by molar-refractivity contribution is -0.136. The first-order valence-corrected chi connectivity index (χ1v) is 5.19. The van der Waals surface area contributed by atoms with Crippen LogP contribution in [0.4, 0.5) is 4.39 Å². The number of benzene rings is 1. The van der Waals surface area contributed by atoms with Crippen molar-refractivity contribution in [1.29, 1.82) is 0 Å². The van der Waals surface area contributed by atoms with Gasteiger partial charge in [-0.05, 0) is 18.1 Å². The largest absolute Gasteiger partial charge is 0.493 e. The first kappa shape index (κ1) is 13.6. The molecule has 0 spiro atoms. The van der Waals surface area contributed by atoms with Crippen LogP contribution in [0.25, 0.3) is 0 Å². The van der Waals surface area contributed by atoms with Crippen LogP contribution in [0.15, 0.2) is 6.07 Å². The van der Waals surface area contributed by atoms with Gasteiger partial charge in [-0.2, -0.15) is 4.39 Å². The molecule has 0 aliphatic rings. The summed E-state index contributed by atoms with van der Waals surface area (Å²) in [5.41, 5.74) is 0.401. The van der Waals surface area contributed by atoms with E-state index in [1.54, 1.807) is 0 Å². The standard InChI is InChI=1S/C11H12ClFO4/c1-16-10-6(3-4-8(14)15)5-7(12)11(17-2)9(10)13/h5H,3-4H2,1-2H3,(H,14,15). The fraction of sp³-hybridized carbons (Fsp3) is 0.364. The van der Waals surface area contributed by atoms with Crippen LogP contribution in [0.1, 0.15) is 12.0 Å². The summed E-state index contributed by atoms with van der Waals surface area (Å²) < 4.78 is 23.5. The minimum atomic E-state index is -0.973. The number of hydrogen-bond donors (Lipinski definition) is 1. The quantitative estimate of drug-likeness (QED) is 0.886. The van der Waals surface area contributed by atoms with Crippen LogP contribution in [-0.4, -0.2) is 25.3 Å². The third-order valence-electron chi connectivity index (χ3n) is 2.22. The van der Waals surface area contributed by atoms with Crippen molar-refractivity contribution in [2.45, 2.75) is 12.8 Å². The molecule has 0 saturated carbocycles. The molecule has 0 aromatic heterocycles. The second-order valence-electron chi connectivity index (χ2n) is 3.29. The SMILES string of the molecule is COc1c(Cl)cc(CCC(=O)O)c(OC)c1F. The molecule has 17 heavy (non-hydrogen) atoms. The minimum Gasteiger partial charge on any atom is -0.493 e. The van der Waals surface area contributed by atoms with Crippen LogP contribution < -0.4 is 9.47 Å². The number of carboxylic acids is 1. The number of rotatable bonds is 5. The normalized spacial score (nSPS) is 10.1. The van der Waals surface area contributed by atoms with Crippen LogP contribution in [0.3, 0.4) is 0 Å². The highest BCUT2D eigenvalue weighted by molar-refractivity contribution is 6.32. The van der Waals surface area contributed by atoms with Gasteiger partial charge in [0.25, 0.3) is 0 Å². The van der Waals surface area contributed by atoms with Crippen molar-refractivity contribution in [1.82, 2.24) is 0 Å². The Labute approximate surface area is 103 Å². The molecule has 0 unspecified atom stereocenters. The lowest BCUT2D eigenvalue weighted by Gasteiger charge is -2.13. The number of ether oxygens (including phenoxy) is 2. The van der Waals surface area contributed by atoms with Crippen molar-refractivity contribution in [3.8, 4) is 11.5 Å². The average Bonchev–Trinajstić information content (AvgIpc) is 2.26. The maximum absolute atomic E-state index is 13.8. The van der Waals surface area contributed by atoms with Crippen molar-refractivity contribution in [3.63, 3.8) is 0 Å². The highest BCUT2D eigenvalue weighted by Gasteiger charge is 2.19. The van der Waals surface area contributed by atoms with E-state index in [0.29, 0.717) is 5.56 Å². The molecule has 6 heteroatoms. The number of aryl methyl sites for hydroxylation is 1. The minimum absolute atomic E-state index is 0.0347. The van der Waals surface area contributed by atoms with Crippen molar-refractivity contribution in [3.05, 3.63) is 22.5 Å². The van der Waals surface area contributed by atoms with Gasteiger partial charge < -0.3 is 14.6 Å². The fourth-order valence-corrected chi connectivity index (χ4v) is 1.76. The van der Waals surface area contributed by atoms with Gasteiger partial charge in [0, 0.05) is 6.42 Å². The third-order valence-corrected chi connectivity index (χ3v) is 2.51. The van der Waals surface area contributed by atoms with E-state index < -0.39 is 11.8 Å². The summed E-state index contributed by atoms with van der Waals surface area (Å²) in [4.78, 5) is 10.5. The molecule has 4 nitrogen and oxygen atoms in total. The predicted octanol–water partition coefficient (Wildman–Crippen LogP) is 2.51. The maximum atomic E-state index is 13.8. The number of carbonyl (C=O) groups is 1. The smallest absolute Gasteiger partial charge is 0.303 e. The molecule has 0 heterocycles. The summed E-state index contributed by atoms with van der Waals surface area (Å²) in [6.45, 7) is 0. The van der Waals surface area contributed by atoms with E-state index in [1.165, 1.54) is 20.3 Å². The highest BCUT2D eigenvalue weighted by atomic mass is 35.5. The molecule has 0 amide bonds. The summed E-state index contributed by atoms with van der Waals surface area (Å²) in [7, 11) is 2.59. The Hall–Kier alpha value is -1.49. The molecule has 0 fully saturated rings. The van der Waals surface area contributed by atoms with E-state index in [4.69, 9.17) is 26.2 Å². The molecule has 1 rings (SSSR count). The molecule has 1 aromatic carbocycles. The Kier molecular flexibility index (Phi) is 4.57. The van der Waals surface area contributed by atoms with E-state index in [1.807, 2.05) is 0 Å². The number of halogens is 2. The molecule has 0 aliphatic heterocycles. The predicted molar refractivity (Wildman–Crippen MR) is 60.5 cm³/mol. The van der Waals surface area contributed by atoms with E-state index in [0.717, 1.165) is 0 Å². The van der Waals surface area contributed by atoms with Crippen LogP contribution in [-0.2, 0) is 11.2 Å². The van der Waals surface area contributed by atoms with Crippen molar-refractivity contribution in [2.75, 3.05) is 14.2 Å². The highest BCUT2D eigenvalue weighted by Crippen LogP contribution is 2.37. The first-order chi connectivity index (χ1) is 8.01. The monoisotopic (exact) mass is 262 g/mol. The summed E-state index contributed by atoms with van der Waals surface area (Å²) in [6, 6.07) is 1.45. The molecule has 0 aliphatic carbocycles. The van der Waals surface area contributed by atoms with Gasteiger partial charge in [0.2, 0.25) is 5.82 Å². The van der Waals surface area contributed by atoms with Gasteiger partial charge in [-0.25, -0.2) is 0 Å². The molecule has 0 atom stereocenters. The van der Waals surface area contributed by atoms with Crippen molar-refractivity contribution < 1.29 is 23.8 Å². The summed E-state index contributed by atoms with van der Waals surface area (Å²) in [6.07, 6.45) is 0.0115. The molecular weight excluding hydrogens is 251 g/mol. The van der Waals surface area contributed by atoms with Gasteiger partial charge in [0.05, 0.1) is 19.2 Å². The van der Waals surface area contributed by atoms with Gasteiger partial charge in [0.1, 0.15) is 0 Å². The average molecular weight is 263 g/mol. The van der Waals surface area contributed by atoms with E-state index in [2.05, 4.69) is 0 Å². The number of hydrogen-bond acceptors (Lipinski definition) is 3. The first-order valence-electron chi connectivity index (χ1n) is 4.81. The Morgan fingerprint density at radius 2 is 2.00 bits per heavy atom. The van der Waals surface area contributed by atoms with Gasteiger partial charge in [-0.1, -0.05) is 11.6 Å².